The molecule has 0 fully saturated rings. The molecular formula is C21H20N4O. The van der Waals surface area contributed by atoms with Gasteiger partial charge in [-0.2, -0.15) is 10.2 Å². The van der Waals surface area contributed by atoms with Gasteiger partial charge in [-0.05, 0) is 38.0 Å². The van der Waals surface area contributed by atoms with E-state index in [0.717, 1.165) is 27.9 Å². The molecule has 2 aromatic heterocycles. The van der Waals surface area contributed by atoms with Gasteiger partial charge in [0.05, 0.1) is 24.1 Å². The van der Waals surface area contributed by atoms with Gasteiger partial charge in [0.15, 0.2) is 0 Å². The molecule has 5 nitrogen and oxygen atoms in total. The quantitative estimate of drug-likeness (QED) is 0.571. The molecule has 26 heavy (non-hydrogen) atoms. The molecule has 0 N–H and O–H groups in total. The molecule has 0 aliphatic rings. The van der Waals surface area contributed by atoms with Gasteiger partial charge in [-0.15, -0.1) is 0 Å². The van der Waals surface area contributed by atoms with E-state index in [9.17, 15) is 4.79 Å². The number of rotatable bonds is 3. The molecular weight excluding hydrogens is 324 g/mol. The smallest absolute Gasteiger partial charge is 0.265 e. The van der Waals surface area contributed by atoms with Crippen molar-refractivity contribution in [2.24, 2.45) is 0 Å². The number of nitrogens with zero attached hydrogens (tertiary/aromatic N) is 4. The van der Waals surface area contributed by atoms with E-state index in [2.05, 4.69) is 23.2 Å². The van der Waals surface area contributed by atoms with Crippen molar-refractivity contribution < 1.29 is 0 Å². The predicted octanol–water partition coefficient (Wildman–Crippen LogP) is 3.56. The van der Waals surface area contributed by atoms with Crippen molar-refractivity contribution in [3.8, 4) is 5.69 Å². The van der Waals surface area contributed by atoms with Crippen LogP contribution < -0.4 is 5.56 Å². The second-order valence-electron chi connectivity index (χ2n) is 6.64. The Morgan fingerprint density at radius 1 is 1.00 bits per heavy atom. The Labute approximate surface area is 151 Å². The molecule has 2 aromatic carbocycles. The third-order valence-corrected chi connectivity index (χ3v) is 4.62. The Bertz CT molecular complexity index is 1160. The first-order valence-corrected chi connectivity index (χ1v) is 8.61. The van der Waals surface area contributed by atoms with Gasteiger partial charge in [0, 0.05) is 5.39 Å². The van der Waals surface area contributed by atoms with E-state index >= 15 is 0 Å². The number of aromatic nitrogens is 4. The van der Waals surface area contributed by atoms with E-state index in [4.69, 9.17) is 0 Å². The summed E-state index contributed by atoms with van der Waals surface area (Å²) in [5, 5.41) is 9.77. The van der Waals surface area contributed by atoms with Crippen molar-refractivity contribution in [2.45, 2.75) is 27.3 Å². The first kappa shape index (κ1) is 16.3. The predicted molar refractivity (Wildman–Crippen MR) is 103 cm³/mol. The monoisotopic (exact) mass is 344 g/mol. The van der Waals surface area contributed by atoms with Crippen LogP contribution in [0.2, 0.25) is 0 Å². The van der Waals surface area contributed by atoms with Gasteiger partial charge in [-0.25, -0.2) is 9.36 Å². The van der Waals surface area contributed by atoms with Gasteiger partial charge in [0.1, 0.15) is 5.52 Å². The van der Waals surface area contributed by atoms with Crippen molar-refractivity contribution in [3.05, 3.63) is 87.5 Å². The molecule has 4 aromatic rings. The highest BCUT2D eigenvalue weighted by molar-refractivity contribution is 5.81. The van der Waals surface area contributed by atoms with Crippen LogP contribution in [0.4, 0.5) is 0 Å². The van der Waals surface area contributed by atoms with Crippen molar-refractivity contribution in [3.63, 3.8) is 0 Å². The van der Waals surface area contributed by atoms with Gasteiger partial charge in [0.2, 0.25) is 0 Å². The summed E-state index contributed by atoms with van der Waals surface area (Å²) >= 11 is 0. The average molecular weight is 344 g/mol. The normalized spacial score (nSPS) is 11.2. The lowest BCUT2D eigenvalue weighted by molar-refractivity contribution is 0.634. The fourth-order valence-electron chi connectivity index (χ4n) is 3.31. The summed E-state index contributed by atoms with van der Waals surface area (Å²) in [7, 11) is 0. The van der Waals surface area contributed by atoms with Crippen LogP contribution in [0, 0.1) is 20.8 Å². The van der Waals surface area contributed by atoms with Crippen LogP contribution in [-0.2, 0) is 6.54 Å². The van der Waals surface area contributed by atoms with Crippen molar-refractivity contribution in [1.29, 1.82) is 0 Å². The van der Waals surface area contributed by atoms with Crippen molar-refractivity contribution in [1.82, 2.24) is 19.6 Å². The van der Waals surface area contributed by atoms with Crippen molar-refractivity contribution >= 4 is 10.9 Å². The lowest BCUT2D eigenvalue weighted by Gasteiger charge is -2.10. The maximum absolute atomic E-state index is 13.2. The Kier molecular flexibility index (Phi) is 3.92. The topological polar surface area (TPSA) is 52.7 Å². The van der Waals surface area contributed by atoms with Crippen LogP contribution in [0.25, 0.3) is 16.6 Å². The molecule has 4 rings (SSSR count). The Hall–Kier alpha value is -3.21. The molecule has 0 bridgehead atoms. The lowest BCUT2D eigenvalue weighted by Crippen LogP contribution is -2.26. The molecule has 130 valence electrons. The zero-order valence-electron chi connectivity index (χ0n) is 15.1. The largest absolute Gasteiger partial charge is 0.293 e. The number of fused-ring (bicyclic) bond motifs is 1. The zero-order valence-corrected chi connectivity index (χ0v) is 15.1. The number of hydrogen-bond acceptors (Lipinski definition) is 3. The fourth-order valence-corrected chi connectivity index (χ4v) is 3.31. The van der Waals surface area contributed by atoms with Crippen LogP contribution in [0.15, 0.2) is 59.5 Å². The van der Waals surface area contributed by atoms with Gasteiger partial charge < -0.3 is 0 Å². The Morgan fingerprint density at radius 2 is 1.77 bits per heavy atom. The number of aryl methyl sites for hydroxylation is 3. The molecule has 0 aliphatic heterocycles. The van der Waals surface area contributed by atoms with Gasteiger partial charge in [-0.1, -0.05) is 48.0 Å². The molecule has 0 atom stereocenters. The molecule has 2 heterocycles. The number of hydrogen-bond donors (Lipinski definition) is 0. The van der Waals surface area contributed by atoms with Gasteiger partial charge in [0.25, 0.3) is 5.56 Å². The molecule has 0 unspecified atom stereocenters. The third-order valence-electron chi connectivity index (χ3n) is 4.62. The molecule has 0 aliphatic carbocycles. The first-order chi connectivity index (χ1) is 12.5. The highest BCUT2D eigenvalue weighted by Crippen LogP contribution is 2.20. The van der Waals surface area contributed by atoms with E-state index in [1.165, 1.54) is 10.2 Å². The maximum atomic E-state index is 13.2. The minimum atomic E-state index is -0.132. The molecule has 0 saturated carbocycles. The zero-order chi connectivity index (χ0) is 18.3. The van der Waals surface area contributed by atoms with Crippen LogP contribution in [0.5, 0.6) is 0 Å². The lowest BCUT2D eigenvalue weighted by atomic mass is 10.1. The standard InChI is InChI=1S/C21H20N4O/c1-14-9-10-19(15(2)11-14)25-20-18(12-22-25)16(3)23-24(21(20)26)13-17-7-5-4-6-8-17/h4-12H,13H2,1-3H3. The van der Waals surface area contributed by atoms with Crippen LogP contribution >= 0.6 is 0 Å². The average Bonchev–Trinajstić information content (AvgIpc) is 3.06. The Balaban J connectivity index is 1.93. The summed E-state index contributed by atoms with van der Waals surface area (Å²) in [5.41, 5.74) is 5.46. The van der Waals surface area contributed by atoms with Crippen LogP contribution in [-0.4, -0.2) is 19.6 Å². The van der Waals surface area contributed by atoms with E-state index in [-0.39, 0.29) is 5.56 Å². The molecule has 0 radical (unpaired) electrons. The van der Waals surface area contributed by atoms with E-state index < -0.39 is 0 Å². The minimum Gasteiger partial charge on any atom is -0.265 e. The van der Waals surface area contributed by atoms with E-state index in [1.54, 1.807) is 10.9 Å². The van der Waals surface area contributed by atoms with Gasteiger partial charge >= 0.3 is 0 Å². The highest BCUT2D eigenvalue weighted by atomic mass is 16.1. The molecule has 0 saturated heterocycles. The van der Waals surface area contributed by atoms with Crippen LogP contribution in [0.3, 0.4) is 0 Å². The number of benzene rings is 2. The van der Waals surface area contributed by atoms with E-state index in [0.29, 0.717) is 12.1 Å². The second-order valence-corrected chi connectivity index (χ2v) is 6.64. The van der Waals surface area contributed by atoms with Crippen LogP contribution in [0.1, 0.15) is 22.4 Å². The molecule has 0 spiro atoms. The first-order valence-electron chi connectivity index (χ1n) is 8.61. The summed E-state index contributed by atoms with van der Waals surface area (Å²) in [5.74, 6) is 0. The molecule has 0 amide bonds. The Morgan fingerprint density at radius 3 is 2.50 bits per heavy atom. The summed E-state index contributed by atoms with van der Waals surface area (Å²) in [4.78, 5) is 13.2. The third kappa shape index (κ3) is 2.71. The highest BCUT2D eigenvalue weighted by Gasteiger charge is 2.16. The minimum absolute atomic E-state index is 0.132. The van der Waals surface area contributed by atoms with E-state index in [1.807, 2.05) is 56.3 Å². The summed E-state index contributed by atoms with van der Waals surface area (Å²) in [6.07, 6.45) is 1.73. The SMILES string of the molecule is Cc1ccc(-n2ncc3c(C)nn(Cc4ccccc4)c(=O)c32)c(C)c1. The summed E-state index contributed by atoms with van der Waals surface area (Å²) in [6, 6.07) is 16.0. The second kappa shape index (κ2) is 6.26. The summed E-state index contributed by atoms with van der Waals surface area (Å²) < 4.78 is 3.26. The van der Waals surface area contributed by atoms with Crippen molar-refractivity contribution in [2.75, 3.05) is 0 Å². The van der Waals surface area contributed by atoms with Gasteiger partial charge in [-0.3, -0.25) is 4.79 Å². The summed E-state index contributed by atoms with van der Waals surface area (Å²) in [6.45, 7) is 6.44. The molecule has 5 heteroatoms. The fraction of sp³-hybridized carbons (Fsp3) is 0.190. The maximum Gasteiger partial charge on any atom is 0.293 e.